The van der Waals surface area contributed by atoms with Gasteiger partial charge >= 0.3 is 6.09 Å². The summed E-state index contributed by atoms with van der Waals surface area (Å²) in [6.45, 7) is 2.46. The minimum absolute atomic E-state index is 0.0136. The summed E-state index contributed by atoms with van der Waals surface area (Å²) in [6, 6.07) is 5.64. The fourth-order valence-corrected chi connectivity index (χ4v) is 1.78. The molecule has 2 aromatic heterocycles. The molecule has 0 aromatic carbocycles. The topological polar surface area (TPSA) is 111 Å². The second kappa shape index (κ2) is 8.47. The Kier molecular flexibility index (Phi) is 6.04. The largest absolute Gasteiger partial charge is 0.450 e. The highest BCUT2D eigenvalue weighted by Gasteiger charge is 2.08. The summed E-state index contributed by atoms with van der Waals surface area (Å²) in [6.07, 6.45) is 3.21. The first-order chi connectivity index (χ1) is 11.2. The maximum absolute atomic E-state index is 11.8. The van der Waals surface area contributed by atoms with Gasteiger partial charge in [0.1, 0.15) is 6.54 Å². The molecular weight excluding hydrogens is 300 g/mol. The first-order valence-electron chi connectivity index (χ1n) is 7.18. The minimum Gasteiger partial charge on any atom is -0.450 e. The molecule has 0 saturated heterocycles. The minimum atomic E-state index is -0.612. The summed E-state index contributed by atoms with van der Waals surface area (Å²) in [5.41, 5.74) is 0.912. The molecule has 2 amide bonds. The van der Waals surface area contributed by atoms with Gasteiger partial charge in [-0.3, -0.25) is 15.1 Å². The van der Waals surface area contributed by atoms with Crippen molar-refractivity contribution in [3.05, 3.63) is 36.3 Å². The molecule has 9 nitrogen and oxygen atoms in total. The number of ether oxygens (including phenoxy) is 1. The van der Waals surface area contributed by atoms with E-state index in [0.29, 0.717) is 13.0 Å². The van der Waals surface area contributed by atoms with Crippen molar-refractivity contribution < 1.29 is 14.3 Å². The van der Waals surface area contributed by atoms with E-state index in [1.165, 1.54) is 10.9 Å². The second-order valence-corrected chi connectivity index (χ2v) is 4.57. The fourth-order valence-electron chi connectivity index (χ4n) is 1.78. The van der Waals surface area contributed by atoms with E-state index in [2.05, 4.69) is 25.9 Å². The predicted molar refractivity (Wildman–Crippen MR) is 81.6 cm³/mol. The van der Waals surface area contributed by atoms with Crippen LogP contribution in [0, 0.1) is 0 Å². The van der Waals surface area contributed by atoms with Crippen LogP contribution in [0.25, 0.3) is 0 Å². The number of amides is 2. The van der Waals surface area contributed by atoms with Gasteiger partial charge in [-0.25, -0.2) is 9.48 Å². The van der Waals surface area contributed by atoms with Crippen molar-refractivity contribution in [2.45, 2.75) is 19.9 Å². The first-order valence-corrected chi connectivity index (χ1v) is 7.18. The molecule has 0 unspecified atom stereocenters. The lowest BCUT2D eigenvalue weighted by molar-refractivity contribution is -0.121. The van der Waals surface area contributed by atoms with Gasteiger partial charge in [0.05, 0.1) is 12.8 Å². The Morgan fingerprint density at radius 2 is 2.22 bits per heavy atom. The predicted octanol–water partition coefficient (Wildman–Crippen LogP) is 0.600. The molecule has 2 N–H and O–H groups in total. The van der Waals surface area contributed by atoms with Crippen LogP contribution in [0.3, 0.4) is 0 Å². The van der Waals surface area contributed by atoms with Gasteiger partial charge in [0.15, 0.2) is 5.82 Å². The van der Waals surface area contributed by atoms with Gasteiger partial charge in [-0.15, -0.1) is 5.10 Å². The molecule has 0 aliphatic carbocycles. The van der Waals surface area contributed by atoms with Crippen molar-refractivity contribution in [2.75, 3.05) is 18.5 Å². The van der Waals surface area contributed by atoms with Gasteiger partial charge < -0.3 is 10.1 Å². The molecular formula is C14H18N6O3. The van der Waals surface area contributed by atoms with E-state index in [1.807, 2.05) is 18.2 Å². The van der Waals surface area contributed by atoms with Crippen molar-refractivity contribution in [3.63, 3.8) is 0 Å². The number of carbonyl (C=O) groups excluding carboxylic acids is 2. The summed E-state index contributed by atoms with van der Waals surface area (Å²) >= 11 is 0. The number of aromatic nitrogens is 4. The summed E-state index contributed by atoms with van der Waals surface area (Å²) in [7, 11) is 0. The maximum atomic E-state index is 11.8. The SMILES string of the molecule is CCOC(=O)Nc1cn(CC(=O)NCCc2ccccn2)nn1. The zero-order chi connectivity index (χ0) is 16.5. The molecule has 0 atom stereocenters. The van der Waals surface area contributed by atoms with E-state index in [-0.39, 0.29) is 24.9 Å². The number of nitrogens with zero attached hydrogens (tertiary/aromatic N) is 4. The first kappa shape index (κ1) is 16.4. The van der Waals surface area contributed by atoms with Crippen LogP contribution in [0.5, 0.6) is 0 Å². The fraction of sp³-hybridized carbons (Fsp3) is 0.357. The molecule has 0 saturated carbocycles. The molecule has 2 heterocycles. The molecule has 9 heteroatoms. The van der Waals surface area contributed by atoms with Crippen LogP contribution in [0.2, 0.25) is 0 Å². The monoisotopic (exact) mass is 318 g/mol. The molecule has 0 spiro atoms. The number of carbonyl (C=O) groups is 2. The molecule has 0 bridgehead atoms. The third-order valence-corrected chi connectivity index (χ3v) is 2.78. The summed E-state index contributed by atoms with van der Waals surface area (Å²) in [4.78, 5) is 27.2. The highest BCUT2D eigenvalue weighted by atomic mass is 16.5. The lowest BCUT2D eigenvalue weighted by atomic mass is 10.3. The number of nitrogens with one attached hydrogen (secondary N) is 2. The summed E-state index contributed by atoms with van der Waals surface area (Å²) in [5.74, 6) is 0.0262. The van der Waals surface area contributed by atoms with Crippen LogP contribution < -0.4 is 10.6 Å². The maximum Gasteiger partial charge on any atom is 0.412 e. The lowest BCUT2D eigenvalue weighted by Gasteiger charge is -2.04. The number of hydrogen-bond acceptors (Lipinski definition) is 6. The number of pyridine rings is 1. The van der Waals surface area contributed by atoms with Gasteiger partial charge in [-0.1, -0.05) is 11.3 Å². The second-order valence-electron chi connectivity index (χ2n) is 4.57. The Hall–Kier alpha value is -2.97. The average Bonchev–Trinajstić information content (AvgIpc) is 2.95. The molecule has 0 aliphatic heterocycles. The van der Waals surface area contributed by atoms with Gasteiger partial charge in [-0.2, -0.15) is 0 Å². The van der Waals surface area contributed by atoms with E-state index < -0.39 is 6.09 Å². The Morgan fingerprint density at radius 3 is 2.96 bits per heavy atom. The third-order valence-electron chi connectivity index (χ3n) is 2.78. The van der Waals surface area contributed by atoms with Crippen LogP contribution >= 0.6 is 0 Å². The van der Waals surface area contributed by atoms with Gasteiger partial charge in [-0.05, 0) is 19.1 Å². The van der Waals surface area contributed by atoms with Gasteiger partial charge in [0.2, 0.25) is 5.91 Å². The molecule has 23 heavy (non-hydrogen) atoms. The Bertz CT molecular complexity index is 643. The van der Waals surface area contributed by atoms with Crippen molar-refractivity contribution in [1.82, 2.24) is 25.3 Å². The van der Waals surface area contributed by atoms with Gasteiger partial charge in [0.25, 0.3) is 0 Å². The third kappa shape index (κ3) is 5.73. The van der Waals surface area contributed by atoms with E-state index in [9.17, 15) is 9.59 Å². The smallest absolute Gasteiger partial charge is 0.412 e. The van der Waals surface area contributed by atoms with E-state index in [4.69, 9.17) is 4.74 Å². The van der Waals surface area contributed by atoms with Crippen LogP contribution in [0.1, 0.15) is 12.6 Å². The van der Waals surface area contributed by atoms with Crippen molar-refractivity contribution in [3.8, 4) is 0 Å². The van der Waals surface area contributed by atoms with Crippen molar-refractivity contribution >= 4 is 17.8 Å². The summed E-state index contributed by atoms with van der Waals surface area (Å²) < 4.78 is 6.05. The summed E-state index contributed by atoms with van der Waals surface area (Å²) in [5, 5.41) is 12.7. The number of rotatable bonds is 7. The highest BCUT2D eigenvalue weighted by Crippen LogP contribution is 2.00. The van der Waals surface area contributed by atoms with Crippen molar-refractivity contribution in [1.29, 1.82) is 0 Å². The zero-order valence-corrected chi connectivity index (χ0v) is 12.7. The Labute approximate surface area is 133 Å². The van der Waals surface area contributed by atoms with Crippen LogP contribution in [0.4, 0.5) is 10.6 Å². The Morgan fingerprint density at radius 1 is 1.35 bits per heavy atom. The molecule has 122 valence electrons. The zero-order valence-electron chi connectivity index (χ0n) is 12.7. The van der Waals surface area contributed by atoms with Crippen molar-refractivity contribution in [2.24, 2.45) is 0 Å². The quantitative estimate of drug-likeness (QED) is 0.773. The highest BCUT2D eigenvalue weighted by molar-refractivity contribution is 5.83. The normalized spacial score (nSPS) is 10.1. The van der Waals surface area contributed by atoms with Crippen LogP contribution in [-0.2, 0) is 22.5 Å². The van der Waals surface area contributed by atoms with E-state index in [1.54, 1.807) is 13.1 Å². The average molecular weight is 318 g/mol. The molecule has 2 rings (SSSR count). The molecule has 0 fully saturated rings. The number of anilines is 1. The molecule has 0 radical (unpaired) electrons. The van der Waals surface area contributed by atoms with Crippen LogP contribution in [0.15, 0.2) is 30.6 Å². The molecule has 2 aromatic rings. The van der Waals surface area contributed by atoms with E-state index in [0.717, 1.165) is 5.69 Å². The standard InChI is InChI=1S/C14H18N6O3/c1-2-23-14(22)17-12-9-20(19-18-12)10-13(21)16-8-6-11-5-3-4-7-15-11/h3-5,7,9H,2,6,8,10H2,1H3,(H,16,21)(H,17,22). The van der Waals surface area contributed by atoms with E-state index >= 15 is 0 Å². The van der Waals surface area contributed by atoms with Crippen LogP contribution in [-0.4, -0.2) is 45.1 Å². The van der Waals surface area contributed by atoms with Gasteiger partial charge in [0, 0.05) is 24.9 Å². The molecule has 0 aliphatic rings. The number of hydrogen-bond donors (Lipinski definition) is 2. The Balaban J connectivity index is 1.73. The lowest BCUT2D eigenvalue weighted by Crippen LogP contribution is -2.29.